The van der Waals surface area contributed by atoms with Gasteiger partial charge in [0.15, 0.2) is 5.78 Å². The summed E-state index contributed by atoms with van der Waals surface area (Å²) in [5, 5.41) is 0. The van der Waals surface area contributed by atoms with Crippen LogP contribution in [0.1, 0.15) is 40.2 Å². The number of hydrogen-bond donors (Lipinski definition) is 0. The van der Waals surface area contributed by atoms with E-state index in [2.05, 4.69) is 47.4 Å². The normalized spacial score (nSPS) is 24.6. The molecule has 1 heterocycles. The van der Waals surface area contributed by atoms with Crippen molar-refractivity contribution in [3.8, 4) is 0 Å². The fourth-order valence-electron chi connectivity index (χ4n) is 4.07. The van der Waals surface area contributed by atoms with E-state index in [-0.39, 0.29) is 0 Å². The van der Waals surface area contributed by atoms with Crippen molar-refractivity contribution in [2.45, 2.75) is 25.3 Å². The molecule has 2 heteroatoms. The molecule has 0 bridgehead atoms. The number of Topliss-reactive ketones (excluding diaryl/α,β-unsaturated/α-hetero) is 1. The quantitative estimate of drug-likeness (QED) is 0.837. The molecule has 1 saturated heterocycles. The highest BCUT2D eigenvalue weighted by Crippen LogP contribution is 2.41. The maximum atomic E-state index is 12.3. The minimum atomic E-state index is 0.341. The number of piperidine rings is 1. The number of benzene rings is 2. The topological polar surface area (TPSA) is 20.3 Å². The van der Waals surface area contributed by atoms with Gasteiger partial charge in [0.1, 0.15) is 0 Å². The van der Waals surface area contributed by atoms with E-state index in [4.69, 9.17) is 0 Å². The first-order valence-corrected chi connectivity index (χ1v) is 8.19. The van der Waals surface area contributed by atoms with Gasteiger partial charge in [-0.3, -0.25) is 9.69 Å². The van der Waals surface area contributed by atoms with Crippen LogP contribution in [-0.2, 0) is 6.54 Å². The summed E-state index contributed by atoms with van der Waals surface area (Å²) in [5.74, 6) is 1.40. The highest BCUT2D eigenvalue weighted by Gasteiger charge is 2.37. The summed E-state index contributed by atoms with van der Waals surface area (Å²) >= 11 is 0. The SMILES string of the molecule is O=C1CC2CCN(Cc3ccccc3)CC2c2ccccc21. The van der Waals surface area contributed by atoms with E-state index in [0.717, 1.165) is 38.0 Å². The van der Waals surface area contributed by atoms with Gasteiger partial charge in [-0.15, -0.1) is 0 Å². The Morgan fingerprint density at radius 1 is 1.00 bits per heavy atom. The molecular weight excluding hydrogens is 270 g/mol. The highest BCUT2D eigenvalue weighted by molar-refractivity contribution is 5.99. The van der Waals surface area contributed by atoms with Crippen LogP contribution in [0.25, 0.3) is 0 Å². The Balaban J connectivity index is 1.57. The van der Waals surface area contributed by atoms with Crippen molar-refractivity contribution in [1.82, 2.24) is 4.90 Å². The predicted octanol–water partition coefficient (Wildman–Crippen LogP) is 3.88. The van der Waals surface area contributed by atoms with Crippen LogP contribution >= 0.6 is 0 Å². The Hall–Kier alpha value is -1.93. The lowest BCUT2D eigenvalue weighted by Crippen LogP contribution is -2.41. The smallest absolute Gasteiger partial charge is 0.163 e. The summed E-state index contributed by atoms with van der Waals surface area (Å²) in [5.41, 5.74) is 3.62. The van der Waals surface area contributed by atoms with E-state index in [0.29, 0.717) is 17.6 Å². The maximum Gasteiger partial charge on any atom is 0.163 e. The van der Waals surface area contributed by atoms with Gasteiger partial charge < -0.3 is 0 Å². The van der Waals surface area contributed by atoms with Gasteiger partial charge in [-0.2, -0.15) is 0 Å². The Morgan fingerprint density at radius 3 is 2.64 bits per heavy atom. The van der Waals surface area contributed by atoms with E-state index in [1.807, 2.05) is 12.1 Å². The zero-order valence-corrected chi connectivity index (χ0v) is 12.7. The number of carbonyl (C=O) groups excluding carboxylic acids is 1. The van der Waals surface area contributed by atoms with Crippen molar-refractivity contribution < 1.29 is 4.79 Å². The molecule has 0 spiro atoms. The summed E-state index contributed by atoms with van der Waals surface area (Å²) in [7, 11) is 0. The van der Waals surface area contributed by atoms with E-state index >= 15 is 0 Å². The first kappa shape index (κ1) is 13.7. The van der Waals surface area contributed by atoms with Crippen LogP contribution in [0, 0.1) is 5.92 Å². The molecule has 112 valence electrons. The minimum Gasteiger partial charge on any atom is -0.298 e. The largest absolute Gasteiger partial charge is 0.298 e. The van der Waals surface area contributed by atoms with Crippen LogP contribution in [0.5, 0.6) is 0 Å². The molecule has 0 amide bonds. The van der Waals surface area contributed by atoms with E-state index in [1.54, 1.807) is 0 Å². The molecule has 0 aromatic heterocycles. The average molecular weight is 291 g/mol. The maximum absolute atomic E-state index is 12.3. The molecule has 2 atom stereocenters. The molecule has 2 aromatic carbocycles. The minimum absolute atomic E-state index is 0.341. The Morgan fingerprint density at radius 2 is 1.77 bits per heavy atom. The average Bonchev–Trinajstić information content (AvgIpc) is 2.57. The fraction of sp³-hybridized carbons (Fsp3) is 0.350. The van der Waals surface area contributed by atoms with Crippen molar-refractivity contribution in [3.63, 3.8) is 0 Å². The van der Waals surface area contributed by atoms with E-state index < -0.39 is 0 Å². The molecule has 1 aliphatic heterocycles. The number of ketones is 1. The fourth-order valence-corrected chi connectivity index (χ4v) is 4.07. The van der Waals surface area contributed by atoms with Crippen molar-refractivity contribution in [2.24, 2.45) is 5.92 Å². The molecule has 2 nitrogen and oxygen atoms in total. The number of fused-ring (bicyclic) bond motifs is 3. The van der Waals surface area contributed by atoms with Crippen LogP contribution in [-0.4, -0.2) is 23.8 Å². The van der Waals surface area contributed by atoms with Gasteiger partial charge in [0.25, 0.3) is 0 Å². The molecule has 0 saturated carbocycles. The molecule has 4 rings (SSSR count). The number of rotatable bonds is 2. The van der Waals surface area contributed by atoms with Crippen LogP contribution < -0.4 is 0 Å². The molecule has 22 heavy (non-hydrogen) atoms. The zero-order chi connectivity index (χ0) is 14.9. The number of nitrogens with zero attached hydrogens (tertiary/aromatic N) is 1. The van der Waals surface area contributed by atoms with Gasteiger partial charge in [0.2, 0.25) is 0 Å². The molecule has 0 N–H and O–H groups in total. The lowest BCUT2D eigenvalue weighted by Gasteiger charge is -2.41. The number of carbonyl (C=O) groups is 1. The molecule has 2 aliphatic rings. The van der Waals surface area contributed by atoms with Crippen LogP contribution in [0.15, 0.2) is 54.6 Å². The third-order valence-corrected chi connectivity index (χ3v) is 5.20. The summed E-state index contributed by atoms with van der Waals surface area (Å²) in [4.78, 5) is 14.8. The zero-order valence-electron chi connectivity index (χ0n) is 12.7. The summed E-state index contributed by atoms with van der Waals surface area (Å²) in [6.45, 7) is 3.19. The Kier molecular flexibility index (Phi) is 3.55. The second-order valence-electron chi connectivity index (χ2n) is 6.59. The summed E-state index contributed by atoms with van der Waals surface area (Å²) < 4.78 is 0. The van der Waals surface area contributed by atoms with Crippen molar-refractivity contribution >= 4 is 5.78 Å². The lowest BCUT2D eigenvalue weighted by molar-refractivity contribution is 0.0860. The van der Waals surface area contributed by atoms with Gasteiger partial charge in [-0.25, -0.2) is 0 Å². The standard InChI is InChI=1S/C20H21NO/c22-20-12-16-10-11-21(13-15-6-2-1-3-7-15)14-19(16)17-8-4-5-9-18(17)20/h1-9,16,19H,10-14H2. The number of likely N-dealkylation sites (tertiary alicyclic amines) is 1. The second-order valence-corrected chi connectivity index (χ2v) is 6.59. The number of hydrogen-bond acceptors (Lipinski definition) is 2. The van der Waals surface area contributed by atoms with Crippen LogP contribution in [0.3, 0.4) is 0 Å². The Bertz CT molecular complexity index is 679. The molecule has 1 fully saturated rings. The van der Waals surface area contributed by atoms with Gasteiger partial charge >= 0.3 is 0 Å². The monoisotopic (exact) mass is 291 g/mol. The molecule has 0 radical (unpaired) electrons. The van der Waals surface area contributed by atoms with Crippen LogP contribution in [0.4, 0.5) is 0 Å². The molecule has 1 aliphatic carbocycles. The van der Waals surface area contributed by atoms with Gasteiger partial charge in [-0.05, 0) is 30.0 Å². The molecule has 2 aromatic rings. The third-order valence-electron chi connectivity index (χ3n) is 5.20. The predicted molar refractivity (Wildman–Crippen MR) is 88.0 cm³/mol. The van der Waals surface area contributed by atoms with Crippen LogP contribution in [0.2, 0.25) is 0 Å². The lowest BCUT2D eigenvalue weighted by atomic mass is 9.71. The van der Waals surface area contributed by atoms with Crippen molar-refractivity contribution in [1.29, 1.82) is 0 Å². The molecular formula is C20H21NO. The first-order valence-electron chi connectivity index (χ1n) is 8.19. The van der Waals surface area contributed by atoms with Gasteiger partial charge in [0, 0.05) is 31.0 Å². The Labute approximate surface area is 131 Å². The highest BCUT2D eigenvalue weighted by atomic mass is 16.1. The third kappa shape index (κ3) is 2.48. The van der Waals surface area contributed by atoms with Gasteiger partial charge in [0.05, 0.1) is 0 Å². The first-order chi connectivity index (χ1) is 10.8. The summed E-state index contributed by atoms with van der Waals surface area (Å²) in [6.07, 6.45) is 1.87. The summed E-state index contributed by atoms with van der Waals surface area (Å²) in [6, 6.07) is 18.9. The van der Waals surface area contributed by atoms with Crippen molar-refractivity contribution in [2.75, 3.05) is 13.1 Å². The van der Waals surface area contributed by atoms with Crippen molar-refractivity contribution in [3.05, 3.63) is 71.3 Å². The second kappa shape index (κ2) is 5.69. The van der Waals surface area contributed by atoms with E-state index in [1.165, 1.54) is 11.1 Å². The van der Waals surface area contributed by atoms with E-state index in [9.17, 15) is 4.79 Å². The van der Waals surface area contributed by atoms with Gasteiger partial charge in [-0.1, -0.05) is 54.6 Å². The molecule has 2 unspecified atom stereocenters.